The number of benzene rings is 1. The molecule has 0 unspecified atom stereocenters. The van der Waals surface area contributed by atoms with Gasteiger partial charge in [-0.25, -0.2) is 0 Å². The van der Waals surface area contributed by atoms with Crippen LogP contribution in [0.15, 0.2) is 45.9 Å². The molecule has 0 bridgehead atoms. The number of aryl methyl sites for hydroxylation is 1. The zero-order chi connectivity index (χ0) is 14.0. The third-order valence-corrected chi connectivity index (χ3v) is 3.97. The molecule has 4 heteroatoms. The van der Waals surface area contributed by atoms with Crippen LogP contribution in [0.4, 0.5) is 5.69 Å². The van der Waals surface area contributed by atoms with Gasteiger partial charge in [-0.05, 0) is 45.5 Å². The molecule has 2 aromatic rings. The molecule has 1 atom stereocenters. The SMILES string of the molecule is Cc1cc([C@]2(C=Nc3ccccc3)CCCN2C)on1. The summed E-state index contributed by atoms with van der Waals surface area (Å²) in [6.07, 6.45) is 4.15. The third-order valence-electron chi connectivity index (χ3n) is 3.97. The number of nitrogens with zero attached hydrogens (tertiary/aromatic N) is 3. The van der Waals surface area contributed by atoms with Crippen molar-refractivity contribution in [2.45, 2.75) is 25.3 Å². The summed E-state index contributed by atoms with van der Waals surface area (Å²) in [6, 6.07) is 12.0. The second-order valence-corrected chi connectivity index (χ2v) is 5.38. The van der Waals surface area contributed by atoms with E-state index < -0.39 is 0 Å². The average molecular weight is 269 g/mol. The molecule has 1 aromatic carbocycles. The molecular formula is C16H19N3O. The van der Waals surface area contributed by atoms with E-state index in [0.717, 1.165) is 36.5 Å². The zero-order valence-electron chi connectivity index (χ0n) is 11.9. The van der Waals surface area contributed by atoms with Gasteiger partial charge in [-0.3, -0.25) is 9.89 Å². The molecule has 104 valence electrons. The van der Waals surface area contributed by atoms with Crippen LogP contribution in [-0.2, 0) is 5.54 Å². The van der Waals surface area contributed by atoms with Gasteiger partial charge < -0.3 is 4.52 Å². The molecule has 0 spiro atoms. The molecule has 20 heavy (non-hydrogen) atoms. The van der Waals surface area contributed by atoms with E-state index in [-0.39, 0.29) is 5.54 Å². The first kappa shape index (κ1) is 13.1. The molecule has 0 amide bonds. The Morgan fingerprint density at radius 1 is 1.35 bits per heavy atom. The summed E-state index contributed by atoms with van der Waals surface area (Å²) >= 11 is 0. The van der Waals surface area contributed by atoms with Crippen LogP contribution in [0.25, 0.3) is 0 Å². The lowest BCUT2D eigenvalue weighted by Gasteiger charge is -2.29. The Balaban J connectivity index is 1.97. The molecule has 1 aromatic heterocycles. The van der Waals surface area contributed by atoms with Crippen molar-refractivity contribution in [1.82, 2.24) is 10.1 Å². The molecule has 1 aliphatic heterocycles. The Hall–Kier alpha value is -1.94. The van der Waals surface area contributed by atoms with Gasteiger partial charge in [0.2, 0.25) is 0 Å². The second-order valence-electron chi connectivity index (χ2n) is 5.38. The molecular weight excluding hydrogens is 250 g/mol. The van der Waals surface area contributed by atoms with Gasteiger partial charge in [-0.1, -0.05) is 23.4 Å². The molecule has 1 saturated heterocycles. The van der Waals surface area contributed by atoms with Crippen molar-refractivity contribution in [1.29, 1.82) is 0 Å². The number of hydrogen-bond acceptors (Lipinski definition) is 4. The van der Waals surface area contributed by atoms with Crippen LogP contribution in [0.1, 0.15) is 24.3 Å². The number of para-hydroxylation sites is 1. The van der Waals surface area contributed by atoms with Crippen LogP contribution in [0, 0.1) is 6.92 Å². The highest BCUT2D eigenvalue weighted by Crippen LogP contribution is 2.37. The largest absolute Gasteiger partial charge is 0.359 e. The van der Waals surface area contributed by atoms with E-state index in [1.54, 1.807) is 0 Å². The molecule has 2 heterocycles. The molecule has 0 N–H and O–H groups in total. The second kappa shape index (κ2) is 5.21. The fourth-order valence-corrected chi connectivity index (χ4v) is 2.78. The molecule has 0 radical (unpaired) electrons. The average Bonchev–Trinajstić information content (AvgIpc) is 3.05. The fraction of sp³-hybridized carbons (Fsp3) is 0.375. The fourth-order valence-electron chi connectivity index (χ4n) is 2.78. The van der Waals surface area contributed by atoms with Crippen LogP contribution in [-0.4, -0.2) is 29.9 Å². The Kier molecular flexibility index (Phi) is 3.40. The minimum absolute atomic E-state index is 0.267. The van der Waals surface area contributed by atoms with Crippen molar-refractivity contribution < 1.29 is 4.52 Å². The highest BCUT2D eigenvalue weighted by atomic mass is 16.5. The maximum absolute atomic E-state index is 5.53. The number of rotatable bonds is 3. The van der Waals surface area contributed by atoms with E-state index in [1.165, 1.54) is 0 Å². The lowest BCUT2D eigenvalue weighted by molar-refractivity contribution is 0.203. The Labute approximate surface area is 119 Å². The van der Waals surface area contributed by atoms with E-state index in [0.29, 0.717) is 0 Å². The minimum atomic E-state index is -0.267. The highest BCUT2D eigenvalue weighted by molar-refractivity contribution is 5.75. The Bertz CT molecular complexity index is 605. The highest BCUT2D eigenvalue weighted by Gasteiger charge is 2.42. The maximum atomic E-state index is 5.53. The van der Waals surface area contributed by atoms with Crippen molar-refractivity contribution in [2.75, 3.05) is 13.6 Å². The zero-order valence-corrected chi connectivity index (χ0v) is 11.9. The first-order chi connectivity index (χ1) is 9.71. The first-order valence-corrected chi connectivity index (χ1v) is 6.96. The molecule has 1 fully saturated rings. The van der Waals surface area contributed by atoms with Crippen LogP contribution in [0.2, 0.25) is 0 Å². The summed E-state index contributed by atoms with van der Waals surface area (Å²) in [5, 5.41) is 4.03. The monoisotopic (exact) mass is 269 g/mol. The van der Waals surface area contributed by atoms with Crippen molar-refractivity contribution in [3.8, 4) is 0 Å². The van der Waals surface area contributed by atoms with E-state index in [2.05, 4.69) is 22.1 Å². The lowest BCUT2D eigenvalue weighted by Crippen LogP contribution is -2.39. The third kappa shape index (κ3) is 2.27. The van der Waals surface area contributed by atoms with E-state index >= 15 is 0 Å². The van der Waals surface area contributed by atoms with E-state index in [9.17, 15) is 0 Å². The minimum Gasteiger partial charge on any atom is -0.359 e. The van der Waals surface area contributed by atoms with E-state index in [1.807, 2.05) is 49.5 Å². The summed E-state index contributed by atoms with van der Waals surface area (Å²) in [6.45, 7) is 2.99. The van der Waals surface area contributed by atoms with Crippen molar-refractivity contribution >= 4 is 11.9 Å². The van der Waals surface area contributed by atoms with Gasteiger partial charge in [0.15, 0.2) is 5.76 Å². The first-order valence-electron chi connectivity index (χ1n) is 6.96. The van der Waals surface area contributed by atoms with Gasteiger partial charge >= 0.3 is 0 Å². The number of hydrogen-bond donors (Lipinski definition) is 0. The smallest absolute Gasteiger partial charge is 0.162 e. The topological polar surface area (TPSA) is 41.6 Å². The van der Waals surface area contributed by atoms with Gasteiger partial charge in [0.25, 0.3) is 0 Å². The van der Waals surface area contributed by atoms with E-state index in [4.69, 9.17) is 4.52 Å². The van der Waals surface area contributed by atoms with Crippen molar-refractivity contribution in [3.63, 3.8) is 0 Å². The van der Waals surface area contributed by atoms with Crippen LogP contribution < -0.4 is 0 Å². The summed E-state index contributed by atoms with van der Waals surface area (Å²) in [4.78, 5) is 6.93. The summed E-state index contributed by atoms with van der Waals surface area (Å²) < 4.78 is 5.53. The summed E-state index contributed by atoms with van der Waals surface area (Å²) in [7, 11) is 2.11. The lowest BCUT2D eigenvalue weighted by atomic mass is 9.94. The molecule has 0 aliphatic carbocycles. The quantitative estimate of drug-likeness (QED) is 0.803. The van der Waals surface area contributed by atoms with Gasteiger partial charge in [0, 0.05) is 12.3 Å². The molecule has 4 nitrogen and oxygen atoms in total. The van der Waals surface area contributed by atoms with Gasteiger partial charge in [-0.2, -0.15) is 0 Å². The van der Waals surface area contributed by atoms with Gasteiger partial charge in [0.1, 0.15) is 5.54 Å². The van der Waals surface area contributed by atoms with Crippen molar-refractivity contribution in [3.05, 3.63) is 47.9 Å². The van der Waals surface area contributed by atoms with Crippen LogP contribution in [0.3, 0.4) is 0 Å². The van der Waals surface area contributed by atoms with Crippen LogP contribution >= 0.6 is 0 Å². The molecule has 3 rings (SSSR count). The predicted octanol–water partition coefficient (Wildman–Crippen LogP) is 3.31. The Morgan fingerprint density at radius 3 is 2.75 bits per heavy atom. The number of likely N-dealkylation sites (tertiary alicyclic amines) is 1. The summed E-state index contributed by atoms with van der Waals surface area (Å²) in [5.74, 6) is 0.884. The van der Waals surface area contributed by atoms with Gasteiger partial charge in [-0.15, -0.1) is 0 Å². The van der Waals surface area contributed by atoms with Crippen LogP contribution in [0.5, 0.6) is 0 Å². The van der Waals surface area contributed by atoms with Crippen molar-refractivity contribution in [2.24, 2.45) is 4.99 Å². The molecule has 1 aliphatic rings. The normalized spacial score (nSPS) is 23.7. The number of aromatic nitrogens is 1. The van der Waals surface area contributed by atoms with Gasteiger partial charge in [0.05, 0.1) is 11.4 Å². The standard InChI is InChI=1S/C16H19N3O/c1-13-11-15(20-18-13)16(9-6-10-19(16)2)12-17-14-7-4-3-5-8-14/h3-5,7-8,11-12H,6,9-10H2,1-2H3/t16-/m1/s1. The molecule has 0 saturated carbocycles. The number of aliphatic imine (C=N–C) groups is 1. The Morgan fingerprint density at radius 2 is 2.15 bits per heavy atom. The maximum Gasteiger partial charge on any atom is 0.162 e. The predicted molar refractivity (Wildman–Crippen MR) is 79.4 cm³/mol. The summed E-state index contributed by atoms with van der Waals surface area (Å²) in [5.41, 5.74) is 1.60.